The Balaban J connectivity index is 2.17. The van der Waals surface area contributed by atoms with Crippen molar-refractivity contribution in [2.45, 2.75) is 26.3 Å². The van der Waals surface area contributed by atoms with Crippen LogP contribution in [0.2, 0.25) is 0 Å². The Kier molecular flexibility index (Phi) is 5.03. The van der Waals surface area contributed by atoms with Crippen LogP contribution in [-0.2, 0) is 13.0 Å². The van der Waals surface area contributed by atoms with E-state index in [9.17, 15) is 8.78 Å². The van der Waals surface area contributed by atoms with Crippen LogP contribution in [0.5, 0.6) is 0 Å². The van der Waals surface area contributed by atoms with Gasteiger partial charge in [0, 0.05) is 19.2 Å². The molecule has 0 radical (unpaired) electrons. The lowest BCUT2D eigenvalue weighted by atomic mass is 10.1. The van der Waals surface area contributed by atoms with Crippen LogP contribution in [0.25, 0.3) is 0 Å². The molecule has 1 aromatic heterocycles. The molecule has 0 bridgehead atoms. The minimum Gasteiger partial charge on any atom is -0.373 e. The molecule has 0 fully saturated rings. The molecular formula is C15H18F2N4. The van der Waals surface area contributed by atoms with Crippen LogP contribution in [0, 0.1) is 11.6 Å². The Bertz CT molecular complexity index is 617. The van der Waals surface area contributed by atoms with Crippen LogP contribution in [0.4, 0.5) is 20.4 Å². The van der Waals surface area contributed by atoms with E-state index < -0.39 is 11.6 Å². The standard InChI is InChI=1S/C15H18F2N4/c1-3-4-11-14(18-2)20-9-21-15(11)19-8-10-5-6-12(16)13(17)7-10/h5-7,9H,3-4,8H2,1-2H3,(H2,18,19,20,21). The zero-order valence-corrected chi connectivity index (χ0v) is 12.1. The number of nitrogens with zero attached hydrogens (tertiary/aromatic N) is 2. The van der Waals surface area contributed by atoms with Gasteiger partial charge in [-0.05, 0) is 24.1 Å². The lowest BCUT2D eigenvalue weighted by molar-refractivity contribution is 0.507. The van der Waals surface area contributed by atoms with E-state index in [1.165, 1.54) is 12.4 Å². The van der Waals surface area contributed by atoms with Crippen molar-refractivity contribution in [1.82, 2.24) is 9.97 Å². The first kappa shape index (κ1) is 15.2. The topological polar surface area (TPSA) is 49.8 Å². The van der Waals surface area contributed by atoms with Crippen molar-refractivity contribution < 1.29 is 8.78 Å². The maximum atomic E-state index is 13.2. The first-order valence-corrected chi connectivity index (χ1v) is 6.85. The predicted octanol–water partition coefficient (Wildman–Crippen LogP) is 3.36. The minimum atomic E-state index is -0.846. The summed E-state index contributed by atoms with van der Waals surface area (Å²) in [4.78, 5) is 8.42. The van der Waals surface area contributed by atoms with E-state index >= 15 is 0 Å². The van der Waals surface area contributed by atoms with E-state index in [2.05, 4.69) is 27.5 Å². The fourth-order valence-corrected chi connectivity index (χ4v) is 2.10. The lowest BCUT2D eigenvalue weighted by Gasteiger charge is -2.13. The summed E-state index contributed by atoms with van der Waals surface area (Å²) in [6.45, 7) is 2.44. The molecule has 0 spiro atoms. The van der Waals surface area contributed by atoms with Gasteiger partial charge in [0.05, 0.1) is 0 Å². The monoisotopic (exact) mass is 292 g/mol. The van der Waals surface area contributed by atoms with E-state index in [0.717, 1.165) is 30.3 Å². The van der Waals surface area contributed by atoms with E-state index in [1.54, 1.807) is 13.1 Å². The minimum absolute atomic E-state index is 0.369. The van der Waals surface area contributed by atoms with Crippen molar-refractivity contribution in [3.05, 3.63) is 47.3 Å². The number of hydrogen-bond donors (Lipinski definition) is 2. The molecule has 0 aliphatic heterocycles. The van der Waals surface area contributed by atoms with Gasteiger partial charge in [0.15, 0.2) is 11.6 Å². The summed E-state index contributed by atoms with van der Waals surface area (Å²) in [5, 5.41) is 6.19. The second-order valence-corrected chi connectivity index (χ2v) is 4.65. The number of aromatic nitrogens is 2. The third kappa shape index (κ3) is 3.65. The molecule has 0 amide bonds. The highest BCUT2D eigenvalue weighted by molar-refractivity contribution is 5.57. The Morgan fingerprint density at radius 1 is 1.10 bits per heavy atom. The SMILES string of the molecule is CCCc1c(NC)ncnc1NCc1ccc(F)c(F)c1. The summed E-state index contributed by atoms with van der Waals surface area (Å²) in [7, 11) is 1.81. The van der Waals surface area contributed by atoms with Crippen LogP contribution < -0.4 is 10.6 Å². The highest BCUT2D eigenvalue weighted by Crippen LogP contribution is 2.22. The fourth-order valence-electron chi connectivity index (χ4n) is 2.10. The summed E-state index contributed by atoms with van der Waals surface area (Å²) in [6.07, 6.45) is 3.26. The van der Waals surface area contributed by atoms with Gasteiger partial charge in [0.2, 0.25) is 0 Å². The number of hydrogen-bond acceptors (Lipinski definition) is 4. The normalized spacial score (nSPS) is 10.5. The molecule has 112 valence electrons. The van der Waals surface area contributed by atoms with Gasteiger partial charge in [-0.3, -0.25) is 0 Å². The predicted molar refractivity (Wildman–Crippen MR) is 79.3 cm³/mol. The second kappa shape index (κ2) is 6.97. The van der Waals surface area contributed by atoms with Gasteiger partial charge in [0.1, 0.15) is 18.0 Å². The van der Waals surface area contributed by atoms with Gasteiger partial charge < -0.3 is 10.6 Å². The van der Waals surface area contributed by atoms with Crippen LogP contribution in [0.3, 0.4) is 0 Å². The maximum Gasteiger partial charge on any atom is 0.159 e. The number of rotatable bonds is 6. The molecule has 0 saturated carbocycles. The van der Waals surface area contributed by atoms with E-state index in [4.69, 9.17) is 0 Å². The van der Waals surface area contributed by atoms with E-state index in [1.807, 2.05) is 0 Å². The molecule has 6 heteroatoms. The van der Waals surface area contributed by atoms with Crippen molar-refractivity contribution in [3.63, 3.8) is 0 Å². The van der Waals surface area contributed by atoms with Crippen LogP contribution in [-0.4, -0.2) is 17.0 Å². The number of nitrogens with one attached hydrogen (secondary N) is 2. The molecule has 0 unspecified atom stereocenters. The molecule has 2 aromatic rings. The molecule has 1 aromatic carbocycles. The van der Waals surface area contributed by atoms with Crippen LogP contribution in [0.1, 0.15) is 24.5 Å². The van der Waals surface area contributed by atoms with E-state index in [0.29, 0.717) is 17.9 Å². The molecule has 2 N–H and O–H groups in total. The summed E-state index contributed by atoms with van der Waals surface area (Å²) in [5.41, 5.74) is 1.64. The van der Waals surface area contributed by atoms with Gasteiger partial charge in [-0.15, -0.1) is 0 Å². The van der Waals surface area contributed by atoms with Gasteiger partial charge in [-0.25, -0.2) is 18.7 Å². The van der Waals surface area contributed by atoms with Crippen LogP contribution >= 0.6 is 0 Å². The summed E-state index contributed by atoms with van der Waals surface area (Å²) < 4.78 is 26.1. The average molecular weight is 292 g/mol. The highest BCUT2D eigenvalue weighted by atomic mass is 19.2. The fraction of sp³-hybridized carbons (Fsp3) is 0.333. The lowest BCUT2D eigenvalue weighted by Crippen LogP contribution is -2.08. The zero-order valence-electron chi connectivity index (χ0n) is 12.1. The average Bonchev–Trinajstić information content (AvgIpc) is 2.49. The Labute approximate surface area is 122 Å². The summed E-state index contributed by atoms with van der Waals surface area (Å²) >= 11 is 0. The highest BCUT2D eigenvalue weighted by Gasteiger charge is 2.10. The molecule has 0 aliphatic carbocycles. The molecule has 0 aliphatic rings. The summed E-state index contributed by atoms with van der Waals surface area (Å²) in [5.74, 6) is -0.202. The molecule has 21 heavy (non-hydrogen) atoms. The van der Waals surface area contributed by atoms with Crippen molar-refractivity contribution in [2.24, 2.45) is 0 Å². The Morgan fingerprint density at radius 3 is 2.52 bits per heavy atom. The van der Waals surface area contributed by atoms with E-state index in [-0.39, 0.29) is 0 Å². The van der Waals surface area contributed by atoms with Crippen LogP contribution in [0.15, 0.2) is 24.5 Å². The molecule has 2 rings (SSSR count). The zero-order chi connectivity index (χ0) is 15.2. The third-order valence-electron chi connectivity index (χ3n) is 3.13. The molecule has 0 atom stereocenters. The van der Waals surface area contributed by atoms with Crippen molar-refractivity contribution in [1.29, 1.82) is 0 Å². The second-order valence-electron chi connectivity index (χ2n) is 4.65. The first-order valence-electron chi connectivity index (χ1n) is 6.85. The van der Waals surface area contributed by atoms with Gasteiger partial charge >= 0.3 is 0 Å². The van der Waals surface area contributed by atoms with Crippen molar-refractivity contribution in [3.8, 4) is 0 Å². The largest absolute Gasteiger partial charge is 0.373 e. The van der Waals surface area contributed by atoms with Gasteiger partial charge in [-0.2, -0.15) is 0 Å². The maximum absolute atomic E-state index is 13.2. The Morgan fingerprint density at radius 2 is 1.86 bits per heavy atom. The van der Waals surface area contributed by atoms with Crippen molar-refractivity contribution >= 4 is 11.6 Å². The quantitative estimate of drug-likeness (QED) is 0.857. The summed E-state index contributed by atoms with van der Waals surface area (Å²) in [6, 6.07) is 3.85. The number of benzene rings is 1. The molecular weight excluding hydrogens is 274 g/mol. The Hall–Kier alpha value is -2.24. The molecule has 0 saturated heterocycles. The number of halogens is 2. The molecule has 1 heterocycles. The van der Waals surface area contributed by atoms with Crippen molar-refractivity contribution in [2.75, 3.05) is 17.7 Å². The third-order valence-corrected chi connectivity index (χ3v) is 3.13. The first-order chi connectivity index (χ1) is 10.2. The van der Waals surface area contributed by atoms with Gasteiger partial charge in [0.25, 0.3) is 0 Å². The number of anilines is 2. The van der Waals surface area contributed by atoms with Gasteiger partial charge in [-0.1, -0.05) is 19.4 Å². The smallest absolute Gasteiger partial charge is 0.159 e. The molecule has 4 nitrogen and oxygen atoms in total.